The molecule has 9 heteroatoms. The number of alkyl carbamates (subject to hydrolysis) is 1. The first-order valence-electron chi connectivity index (χ1n) is 7.73. The molecule has 0 spiro atoms. The number of amides is 2. The number of hydrogen-bond acceptors (Lipinski definition) is 7. The van der Waals surface area contributed by atoms with Crippen LogP contribution in [0.2, 0.25) is 0 Å². The van der Waals surface area contributed by atoms with Crippen LogP contribution in [0.1, 0.15) is 36.5 Å². The summed E-state index contributed by atoms with van der Waals surface area (Å²) in [6.07, 6.45) is 2.25. The number of aromatic nitrogens is 3. The minimum absolute atomic E-state index is 0.0999. The Labute approximate surface area is 147 Å². The maximum absolute atomic E-state index is 11.8. The van der Waals surface area contributed by atoms with Gasteiger partial charge in [-0.15, -0.1) is 21.5 Å². The van der Waals surface area contributed by atoms with E-state index in [0.29, 0.717) is 6.04 Å². The molecule has 0 atom stereocenters. The smallest absolute Gasteiger partial charge is 0.413 e. The van der Waals surface area contributed by atoms with E-state index in [1.807, 2.05) is 11.4 Å². The fraction of sp³-hybridized carbons (Fsp3) is 0.467. The van der Waals surface area contributed by atoms with Crippen molar-refractivity contribution in [3.8, 4) is 0 Å². The number of carbonyl (C=O) groups excluding carboxylic acids is 2. The molecule has 24 heavy (non-hydrogen) atoms. The molecule has 128 valence electrons. The molecule has 0 unspecified atom stereocenters. The number of thiophene rings is 1. The van der Waals surface area contributed by atoms with Crippen LogP contribution in [0.3, 0.4) is 0 Å². The maximum Gasteiger partial charge on any atom is 0.413 e. The summed E-state index contributed by atoms with van der Waals surface area (Å²) in [4.78, 5) is 24.2. The third-order valence-electron chi connectivity index (χ3n) is 3.41. The summed E-state index contributed by atoms with van der Waals surface area (Å²) < 4.78 is 6.81. The third kappa shape index (κ3) is 4.35. The van der Waals surface area contributed by atoms with Gasteiger partial charge in [0.1, 0.15) is 5.82 Å². The second-order valence-electron chi connectivity index (χ2n) is 5.31. The number of thioether (sulfide) groups is 1. The Morgan fingerprint density at radius 3 is 2.96 bits per heavy atom. The lowest BCUT2D eigenvalue weighted by Gasteiger charge is -2.08. The number of hydrogen-bond donors (Lipinski definition) is 1. The maximum atomic E-state index is 11.8. The van der Waals surface area contributed by atoms with Gasteiger partial charge in [-0.1, -0.05) is 17.8 Å². The van der Waals surface area contributed by atoms with Gasteiger partial charge in [0.15, 0.2) is 5.16 Å². The van der Waals surface area contributed by atoms with Crippen LogP contribution < -0.4 is 5.32 Å². The Kier molecular flexibility index (Phi) is 5.52. The highest BCUT2D eigenvalue weighted by Gasteiger charge is 2.30. The van der Waals surface area contributed by atoms with Crippen molar-refractivity contribution in [2.75, 3.05) is 12.4 Å². The van der Waals surface area contributed by atoms with Gasteiger partial charge in [-0.2, -0.15) is 0 Å². The van der Waals surface area contributed by atoms with Gasteiger partial charge in [-0.25, -0.2) is 4.79 Å². The largest absolute Gasteiger partial charge is 0.450 e. The Morgan fingerprint density at radius 2 is 2.29 bits per heavy atom. The van der Waals surface area contributed by atoms with Crippen molar-refractivity contribution in [3.05, 3.63) is 28.2 Å². The van der Waals surface area contributed by atoms with Crippen molar-refractivity contribution < 1.29 is 14.3 Å². The highest BCUT2D eigenvalue weighted by atomic mass is 32.2. The molecule has 3 rings (SSSR count). The van der Waals surface area contributed by atoms with E-state index in [4.69, 9.17) is 0 Å². The summed E-state index contributed by atoms with van der Waals surface area (Å²) in [5, 5.41) is 13.5. The van der Waals surface area contributed by atoms with Crippen LogP contribution in [0.15, 0.2) is 22.7 Å². The van der Waals surface area contributed by atoms with Crippen LogP contribution in [0.4, 0.5) is 4.79 Å². The van der Waals surface area contributed by atoms with E-state index in [1.165, 1.54) is 16.6 Å². The molecule has 2 heterocycles. The second kappa shape index (κ2) is 7.80. The Bertz CT molecular complexity index is 710. The van der Waals surface area contributed by atoms with E-state index in [-0.39, 0.29) is 12.4 Å². The average Bonchev–Trinajstić information content (AvgIpc) is 3.10. The van der Waals surface area contributed by atoms with Crippen molar-refractivity contribution >= 4 is 35.1 Å². The van der Waals surface area contributed by atoms with E-state index >= 15 is 0 Å². The van der Waals surface area contributed by atoms with Gasteiger partial charge in [0.25, 0.3) is 0 Å². The van der Waals surface area contributed by atoms with Gasteiger partial charge in [-0.3, -0.25) is 10.1 Å². The van der Waals surface area contributed by atoms with Crippen molar-refractivity contribution in [3.63, 3.8) is 0 Å². The Hall–Kier alpha value is -1.87. The van der Waals surface area contributed by atoms with E-state index < -0.39 is 12.0 Å². The molecule has 1 aliphatic carbocycles. The van der Waals surface area contributed by atoms with E-state index in [9.17, 15) is 9.59 Å². The molecular formula is C15H18N4O3S2. The molecule has 7 nitrogen and oxygen atoms in total. The molecule has 1 N–H and O–H groups in total. The van der Waals surface area contributed by atoms with Crippen molar-refractivity contribution in [2.24, 2.45) is 0 Å². The monoisotopic (exact) mass is 366 g/mol. The summed E-state index contributed by atoms with van der Waals surface area (Å²) in [7, 11) is 0. The molecule has 2 aromatic rings. The fourth-order valence-corrected chi connectivity index (χ4v) is 3.77. The molecular weight excluding hydrogens is 348 g/mol. The second-order valence-corrected chi connectivity index (χ2v) is 7.29. The average molecular weight is 366 g/mol. The van der Waals surface area contributed by atoms with E-state index in [2.05, 4.69) is 30.9 Å². The predicted octanol–water partition coefficient (Wildman–Crippen LogP) is 2.63. The molecule has 0 saturated heterocycles. The standard InChI is InChI=1S/C15H18N4O3S2/c1-2-22-15(21)16-13(20)9-24-14-18-17-12(19(14)10-5-6-10)8-11-4-3-7-23-11/h3-4,7,10H,2,5-6,8-9H2,1H3,(H,16,20,21). The van der Waals surface area contributed by atoms with Gasteiger partial charge in [0, 0.05) is 17.3 Å². The zero-order valence-electron chi connectivity index (χ0n) is 13.2. The molecule has 0 radical (unpaired) electrons. The molecule has 0 aliphatic heterocycles. The number of ether oxygens (including phenoxy) is 1. The van der Waals surface area contributed by atoms with Gasteiger partial charge >= 0.3 is 6.09 Å². The lowest BCUT2D eigenvalue weighted by molar-refractivity contribution is -0.117. The Morgan fingerprint density at radius 1 is 1.46 bits per heavy atom. The molecule has 1 saturated carbocycles. The van der Waals surface area contributed by atoms with Crippen LogP contribution in [0, 0.1) is 0 Å². The number of rotatable bonds is 7. The van der Waals surface area contributed by atoms with Gasteiger partial charge < -0.3 is 9.30 Å². The highest BCUT2D eigenvalue weighted by molar-refractivity contribution is 7.99. The van der Waals surface area contributed by atoms with Gasteiger partial charge in [0.2, 0.25) is 5.91 Å². The quantitative estimate of drug-likeness (QED) is 0.758. The molecule has 1 fully saturated rings. The van der Waals surface area contributed by atoms with Crippen LogP contribution in [-0.2, 0) is 16.0 Å². The zero-order valence-corrected chi connectivity index (χ0v) is 14.9. The highest BCUT2D eigenvalue weighted by Crippen LogP contribution is 2.39. The van der Waals surface area contributed by atoms with Crippen LogP contribution >= 0.6 is 23.1 Å². The first-order chi connectivity index (χ1) is 11.7. The summed E-state index contributed by atoms with van der Waals surface area (Å²) in [5.41, 5.74) is 0. The summed E-state index contributed by atoms with van der Waals surface area (Å²) in [6.45, 7) is 1.92. The number of imide groups is 1. The molecule has 0 bridgehead atoms. The minimum Gasteiger partial charge on any atom is -0.450 e. The lowest BCUT2D eigenvalue weighted by atomic mass is 10.3. The van der Waals surface area contributed by atoms with Crippen molar-refractivity contribution in [1.29, 1.82) is 0 Å². The summed E-state index contributed by atoms with van der Waals surface area (Å²) in [5.74, 6) is 0.625. The predicted molar refractivity (Wildman–Crippen MR) is 91.3 cm³/mol. The number of nitrogens with one attached hydrogen (secondary N) is 1. The van der Waals surface area contributed by atoms with E-state index in [1.54, 1.807) is 18.3 Å². The lowest BCUT2D eigenvalue weighted by Crippen LogP contribution is -2.32. The molecule has 1 aliphatic rings. The van der Waals surface area contributed by atoms with Crippen molar-refractivity contribution in [1.82, 2.24) is 20.1 Å². The topological polar surface area (TPSA) is 86.1 Å². The van der Waals surface area contributed by atoms with E-state index in [0.717, 1.165) is 30.2 Å². The van der Waals surface area contributed by atoms with Crippen LogP contribution in [0.5, 0.6) is 0 Å². The summed E-state index contributed by atoms with van der Waals surface area (Å²) in [6, 6.07) is 4.52. The molecule has 2 aromatic heterocycles. The van der Waals surface area contributed by atoms with Crippen molar-refractivity contribution in [2.45, 2.75) is 37.4 Å². The summed E-state index contributed by atoms with van der Waals surface area (Å²) >= 11 is 2.98. The van der Waals surface area contributed by atoms with Gasteiger partial charge in [0.05, 0.1) is 12.4 Å². The van der Waals surface area contributed by atoms with Crippen LogP contribution in [0.25, 0.3) is 0 Å². The first-order valence-corrected chi connectivity index (χ1v) is 9.59. The number of nitrogens with zero attached hydrogens (tertiary/aromatic N) is 3. The molecule has 2 amide bonds. The normalized spacial score (nSPS) is 13.7. The fourth-order valence-electron chi connectivity index (χ4n) is 2.24. The SMILES string of the molecule is CCOC(=O)NC(=O)CSc1nnc(Cc2cccs2)n1C1CC1. The minimum atomic E-state index is -0.717. The first kappa shape index (κ1) is 17.0. The zero-order chi connectivity index (χ0) is 16.9. The van der Waals surface area contributed by atoms with Crippen LogP contribution in [-0.4, -0.2) is 39.1 Å². The number of carbonyl (C=O) groups is 2. The third-order valence-corrected chi connectivity index (χ3v) is 5.23. The van der Waals surface area contributed by atoms with Gasteiger partial charge in [-0.05, 0) is 31.2 Å². The Balaban J connectivity index is 1.62. The molecule has 0 aromatic carbocycles.